The first-order chi connectivity index (χ1) is 10.9. The van der Waals surface area contributed by atoms with Crippen LogP contribution in [0.15, 0.2) is 29.9 Å². The molecule has 0 unspecified atom stereocenters. The second kappa shape index (κ2) is 5.77. The number of rotatable bonds is 3. The molecule has 23 heavy (non-hydrogen) atoms. The van der Waals surface area contributed by atoms with Gasteiger partial charge >= 0.3 is 0 Å². The van der Waals surface area contributed by atoms with E-state index < -0.39 is 0 Å². The van der Waals surface area contributed by atoms with Gasteiger partial charge in [0.25, 0.3) is 0 Å². The summed E-state index contributed by atoms with van der Waals surface area (Å²) < 4.78 is 5.22. The molecule has 6 heteroatoms. The highest BCUT2D eigenvalue weighted by Crippen LogP contribution is 2.41. The Morgan fingerprint density at radius 1 is 1.30 bits per heavy atom. The highest BCUT2D eigenvalue weighted by atomic mass is 32.1. The van der Waals surface area contributed by atoms with Crippen molar-refractivity contribution in [2.75, 3.05) is 14.2 Å². The van der Waals surface area contributed by atoms with Crippen LogP contribution in [0.2, 0.25) is 0 Å². The third kappa shape index (κ3) is 2.86. The Kier molecular flexibility index (Phi) is 3.93. The molecular weight excluding hydrogens is 310 g/mol. The molecule has 0 bridgehead atoms. The minimum absolute atomic E-state index is 0.00162. The molecule has 3 rings (SSSR count). The van der Waals surface area contributed by atoms with Crippen LogP contribution < -0.4 is 4.74 Å². The van der Waals surface area contributed by atoms with E-state index in [2.05, 4.69) is 23.4 Å². The average molecular weight is 329 g/mol. The number of nitrogens with one attached hydrogen (secondary N) is 1. The molecule has 1 saturated heterocycles. The number of carbonyl (C=O) groups is 1. The molecule has 0 aromatic carbocycles. The summed E-state index contributed by atoms with van der Waals surface area (Å²) in [5, 5.41) is 10.1. The summed E-state index contributed by atoms with van der Waals surface area (Å²) >= 11 is 1.63. The number of pyridine rings is 1. The van der Waals surface area contributed by atoms with Crippen molar-refractivity contribution in [3.8, 4) is 16.9 Å². The van der Waals surface area contributed by atoms with E-state index in [9.17, 15) is 4.79 Å². The Labute approximate surface area is 139 Å². The van der Waals surface area contributed by atoms with E-state index in [1.807, 2.05) is 6.07 Å². The average Bonchev–Trinajstić information content (AvgIpc) is 3.03. The molecule has 1 N–H and O–H groups in total. The lowest BCUT2D eigenvalue weighted by molar-refractivity contribution is -0.128. The summed E-state index contributed by atoms with van der Waals surface area (Å²) in [5.74, 6) is 1.10. The van der Waals surface area contributed by atoms with E-state index in [1.54, 1.807) is 37.9 Å². The summed E-state index contributed by atoms with van der Waals surface area (Å²) in [6.07, 6.45) is 4.49. The largest absolute Gasteiger partial charge is 0.495 e. The highest BCUT2D eigenvalue weighted by molar-refractivity contribution is 7.10. The molecule has 1 aliphatic heterocycles. The Bertz CT molecular complexity index is 751. The van der Waals surface area contributed by atoms with Gasteiger partial charge < -0.3 is 9.64 Å². The molecule has 1 aliphatic rings. The maximum Gasteiger partial charge on any atom is 0.228 e. The molecule has 1 amide bonds. The number of hydrogen-bond donors (Lipinski definition) is 1. The standard InChI is InChI=1S/C17H19N3O2S/c1-17(6-15(18)20(2)16(21)7-17)14-5-12(10-23-14)11-4-13(22-3)9-19-8-11/h4-5,8-10,18H,6-7H2,1-3H3/t17-/m0/s1. The molecule has 120 valence electrons. The summed E-state index contributed by atoms with van der Waals surface area (Å²) in [5.41, 5.74) is 1.75. The van der Waals surface area contributed by atoms with Gasteiger partial charge in [-0.2, -0.15) is 0 Å². The maximum atomic E-state index is 12.1. The monoisotopic (exact) mass is 329 g/mol. The van der Waals surface area contributed by atoms with Crippen LogP contribution in [0.5, 0.6) is 5.75 Å². The van der Waals surface area contributed by atoms with Crippen LogP contribution in [0.1, 0.15) is 24.6 Å². The second-order valence-corrected chi connectivity index (χ2v) is 7.04. The van der Waals surface area contributed by atoms with Crippen LogP contribution >= 0.6 is 11.3 Å². The van der Waals surface area contributed by atoms with Crippen molar-refractivity contribution >= 4 is 23.1 Å². The number of nitrogens with zero attached hydrogens (tertiary/aromatic N) is 2. The number of hydrogen-bond acceptors (Lipinski definition) is 5. The Morgan fingerprint density at radius 3 is 2.78 bits per heavy atom. The fraction of sp³-hybridized carbons (Fsp3) is 0.353. The van der Waals surface area contributed by atoms with Crippen LogP contribution in [-0.4, -0.2) is 35.8 Å². The van der Waals surface area contributed by atoms with Crippen molar-refractivity contribution in [2.24, 2.45) is 0 Å². The van der Waals surface area contributed by atoms with Crippen LogP contribution in [-0.2, 0) is 10.2 Å². The SMILES string of the molecule is COc1cncc(-c2csc([C@@]3(C)CC(=N)N(C)C(=O)C3)c2)c1. The minimum Gasteiger partial charge on any atom is -0.495 e. The lowest BCUT2D eigenvalue weighted by Gasteiger charge is -2.36. The van der Waals surface area contributed by atoms with Gasteiger partial charge in [0.15, 0.2) is 0 Å². The first-order valence-electron chi connectivity index (χ1n) is 7.35. The van der Waals surface area contributed by atoms with Gasteiger partial charge in [-0.25, -0.2) is 0 Å². The quantitative estimate of drug-likeness (QED) is 0.939. The molecule has 1 atom stereocenters. The molecule has 2 aromatic heterocycles. The molecular formula is C17H19N3O2S. The summed E-state index contributed by atoms with van der Waals surface area (Å²) in [6.45, 7) is 2.06. The van der Waals surface area contributed by atoms with E-state index in [0.717, 1.165) is 21.8 Å². The van der Waals surface area contributed by atoms with Crippen molar-refractivity contribution in [3.63, 3.8) is 0 Å². The predicted molar refractivity (Wildman–Crippen MR) is 91.2 cm³/mol. The van der Waals surface area contributed by atoms with E-state index in [0.29, 0.717) is 18.7 Å². The molecule has 0 saturated carbocycles. The summed E-state index contributed by atoms with van der Waals surface area (Å²) in [7, 11) is 3.29. The van der Waals surface area contributed by atoms with Crippen LogP contribution in [0.25, 0.3) is 11.1 Å². The van der Waals surface area contributed by atoms with Gasteiger partial charge in [-0.3, -0.25) is 15.2 Å². The lowest BCUT2D eigenvalue weighted by atomic mass is 9.78. The first kappa shape index (κ1) is 15.7. The third-order valence-electron chi connectivity index (χ3n) is 4.35. The van der Waals surface area contributed by atoms with Crippen molar-refractivity contribution in [3.05, 3.63) is 34.8 Å². The number of amides is 1. The zero-order valence-electron chi connectivity index (χ0n) is 13.4. The highest BCUT2D eigenvalue weighted by Gasteiger charge is 2.39. The first-order valence-corrected chi connectivity index (χ1v) is 8.23. The van der Waals surface area contributed by atoms with Crippen LogP contribution in [0.3, 0.4) is 0 Å². The lowest BCUT2D eigenvalue weighted by Crippen LogP contribution is -2.46. The van der Waals surface area contributed by atoms with Crippen molar-refractivity contribution < 1.29 is 9.53 Å². The van der Waals surface area contributed by atoms with Gasteiger partial charge in [-0.15, -0.1) is 11.3 Å². The van der Waals surface area contributed by atoms with Crippen molar-refractivity contribution in [1.82, 2.24) is 9.88 Å². The van der Waals surface area contributed by atoms with E-state index in [1.165, 1.54) is 4.90 Å². The fourth-order valence-electron chi connectivity index (χ4n) is 2.82. The van der Waals surface area contributed by atoms with Gasteiger partial charge in [0.1, 0.15) is 11.6 Å². The number of amidine groups is 1. The predicted octanol–water partition coefficient (Wildman–Crippen LogP) is 3.31. The van der Waals surface area contributed by atoms with Crippen LogP contribution in [0.4, 0.5) is 0 Å². The molecule has 0 aliphatic carbocycles. The van der Waals surface area contributed by atoms with E-state index in [-0.39, 0.29) is 11.3 Å². The number of thiophene rings is 1. The van der Waals surface area contributed by atoms with E-state index >= 15 is 0 Å². The zero-order chi connectivity index (χ0) is 16.6. The second-order valence-electron chi connectivity index (χ2n) is 6.13. The van der Waals surface area contributed by atoms with Crippen LogP contribution in [0, 0.1) is 5.41 Å². The number of methoxy groups -OCH3 is 1. The Balaban J connectivity index is 1.92. The molecule has 0 radical (unpaired) electrons. The number of likely N-dealkylation sites (tertiary alicyclic amines) is 1. The fourth-order valence-corrected chi connectivity index (χ4v) is 3.90. The number of aromatic nitrogens is 1. The van der Waals surface area contributed by atoms with Gasteiger partial charge in [0, 0.05) is 41.9 Å². The number of piperidine rings is 1. The topological polar surface area (TPSA) is 66.3 Å². The van der Waals surface area contributed by atoms with Crippen molar-refractivity contribution in [1.29, 1.82) is 5.41 Å². The smallest absolute Gasteiger partial charge is 0.228 e. The Morgan fingerprint density at radius 2 is 2.09 bits per heavy atom. The van der Waals surface area contributed by atoms with Crippen molar-refractivity contribution in [2.45, 2.75) is 25.2 Å². The molecule has 1 fully saturated rings. The molecule has 2 aromatic rings. The number of carbonyl (C=O) groups excluding carboxylic acids is 1. The summed E-state index contributed by atoms with van der Waals surface area (Å²) in [6, 6.07) is 4.05. The molecule has 5 nitrogen and oxygen atoms in total. The van der Waals surface area contributed by atoms with Gasteiger partial charge in [0.2, 0.25) is 5.91 Å². The minimum atomic E-state index is -0.310. The third-order valence-corrected chi connectivity index (χ3v) is 5.59. The molecule has 0 spiro atoms. The summed E-state index contributed by atoms with van der Waals surface area (Å²) in [4.78, 5) is 18.9. The number of ether oxygens (including phenoxy) is 1. The van der Waals surface area contributed by atoms with Gasteiger partial charge in [-0.05, 0) is 23.1 Å². The normalized spacial score (nSPS) is 21.6. The molecule has 3 heterocycles. The Hall–Kier alpha value is -2.21. The van der Waals surface area contributed by atoms with Gasteiger partial charge in [0.05, 0.1) is 13.3 Å². The maximum absolute atomic E-state index is 12.1. The zero-order valence-corrected chi connectivity index (χ0v) is 14.2. The van der Waals surface area contributed by atoms with E-state index in [4.69, 9.17) is 10.1 Å². The van der Waals surface area contributed by atoms with Gasteiger partial charge in [-0.1, -0.05) is 6.92 Å².